The van der Waals surface area contributed by atoms with E-state index in [2.05, 4.69) is 15.8 Å². The van der Waals surface area contributed by atoms with Gasteiger partial charge in [0, 0.05) is 6.04 Å². The fraction of sp³-hybridized carbons (Fsp3) is 0.448. The van der Waals surface area contributed by atoms with Crippen LogP contribution in [0.4, 0.5) is 10.6 Å². The van der Waals surface area contributed by atoms with Crippen molar-refractivity contribution in [2.24, 2.45) is 0 Å². The Bertz CT molecular complexity index is 1470. The van der Waals surface area contributed by atoms with Gasteiger partial charge >= 0.3 is 6.09 Å². The zero-order valence-corrected chi connectivity index (χ0v) is 25.5. The van der Waals surface area contributed by atoms with Crippen LogP contribution in [0.1, 0.15) is 57.2 Å². The number of rotatable bonds is 7. The van der Waals surface area contributed by atoms with Crippen LogP contribution in [-0.4, -0.2) is 58.5 Å². The van der Waals surface area contributed by atoms with Crippen LogP contribution in [0.2, 0.25) is 0 Å². The van der Waals surface area contributed by atoms with Crippen LogP contribution in [0, 0.1) is 0 Å². The first-order valence-electron chi connectivity index (χ1n) is 13.5. The molecule has 218 valence electrons. The molecule has 1 aliphatic heterocycles. The van der Waals surface area contributed by atoms with Gasteiger partial charge in [-0.3, -0.25) is 20.0 Å². The SMILES string of the molecule is CONC(=C1CCC(N(Cc2ccc3c(n2)NC(=O)CS3)C(=O)OC(C)(C)C)CC1)c1nc2c(OC)cccc2s1. The van der Waals surface area contributed by atoms with E-state index in [1.807, 2.05) is 51.1 Å². The van der Waals surface area contributed by atoms with Gasteiger partial charge in [-0.05, 0) is 76.3 Å². The molecular formula is C29H35N5O5S2. The number of thioether (sulfide) groups is 1. The van der Waals surface area contributed by atoms with Crippen molar-refractivity contribution in [1.82, 2.24) is 20.3 Å². The molecule has 1 saturated carbocycles. The summed E-state index contributed by atoms with van der Waals surface area (Å²) >= 11 is 3.05. The lowest BCUT2D eigenvalue weighted by molar-refractivity contribution is -0.113. The number of nitrogens with zero attached hydrogens (tertiary/aromatic N) is 3. The minimum Gasteiger partial charge on any atom is -0.494 e. The van der Waals surface area contributed by atoms with Crippen molar-refractivity contribution >= 4 is 56.8 Å². The molecule has 3 aromatic rings. The predicted molar refractivity (Wildman–Crippen MR) is 161 cm³/mol. The third-order valence-electron chi connectivity index (χ3n) is 6.87. The Labute approximate surface area is 247 Å². The van der Waals surface area contributed by atoms with Gasteiger partial charge in [-0.25, -0.2) is 14.8 Å². The number of fused-ring (bicyclic) bond motifs is 2. The van der Waals surface area contributed by atoms with E-state index < -0.39 is 5.60 Å². The average Bonchev–Trinajstić information content (AvgIpc) is 3.38. The van der Waals surface area contributed by atoms with Gasteiger partial charge in [-0.15, -0.1) is 23.1 Å². The molecule has 2 amide bonds. The van der Waals surface area contributed by atoms with Crippen LogP contribution in [0.25, 0.3) is 15.9 Å². The molecule has 0 unspecified atom stereocenters. The quantitative estimate of drug-likeness (QED) is 0.317. The van der Waals surface area contributed by atoms with Crippen molar-refractivity contribution in [3.8, 4) is 5.75 Å². The molecule has 5 rings (SSSR count). The zero-order chi connectivity index (χ0) is 29.1. The number of methoxy groups -OCH3 is 1. The number of carbonyl (C=O) groups is 2. The van der Waals surface area contributed by atoms with Crippen molar-refractivity contribution in [3.05, 3.63) is 46.6 Å². The Morgan fingerprint density at radius 2 is 1.93 bits per heavy atom. The van der Waals surface area contributed by atoms with Crippen molar-refractivity contribution in [2.45, 2.75) is 69.5 Å². The Hall–Kier alpha value is -3.35. The molecule has 2 N–H and O–H groups in total. The molecule has 0 saturated heterocycles. The van der Waals surface area contributed by atoms with Crippen LogP contribution < -0.4 is 15.5 Å². The van der Waals surface area contributed by atoms with Gasteiger partial charge in [-0.1, -0.05) is 6.07 Å². The standard InChI is InChI=1S/C29H35N5O5S2/c1-29(2,3)39-28(36)34(15-18-11-14-22-26(30-18)31-23(35)16-40-22)19-12-9-17(10-13-19)24(33-38-5)27-32-25-20(37-4)7-6-8-21(25)41-27/h6-8,11,14,19,33H,9-10,12-13,15-16H2,1-5H3,(H,30,31,35). The summed E-state index contributed by atoms with van der Waals surface area (Å²) in [4.78, 5) is 42.9. The number of allylic oxidation sites excluding steroid dienone is 1. The maximum Gasteiger partial charge on any atom is 0.410 e. The molecule has 41 heavy (non-hydrogen) atoms. The highest BCUT2D eigenvalue weighted by atomic mass is 32.2. The topological polar surface area (TPSA) is 115 Å². The predicted octanol–water partition coefficient (Wildman–Crippen LogP) is 5.99. The first kappa shape index (κ1) is 29.2. The number of nitrogens with one attached hydrogen (secondary N) is 2. The zero-order valence-electron chi connectivity index (χ0n) is 23.9. The largest absolute Gasteiger partial charge is 0.494 e. The lowest BCUT2D eigenvalue weighted by atomic mass is 9.88. The van der Waals surface area contributed by atoms with E-state index in [4.69, 9.17) is 19.3 Å². The molecule has 1 aliphatic carbocycles. The Balaban J connectivity index is 1.38. The minimum absolute atomic E-state index is 0.0466. The number of hydrogen-bond donors (Lipinski definition) is 2. The lowest BCUT2D eigenvalue weighted by Crippen LogP contribution is -2.44. The second-order valence-corrected chi connectivity index (χ2v) is 13.0. The summed E-state index contributed by atoms with van der Waals surface area (Å²) in [5, 5.41) is 3.67. The first-order chi connectivity index (χ1) is 19.6. The third kappa shape index (κ3) is 6.77. The highest BCUT2D eigenvalue weighted by Crippen LogP contribution is 2.37. The number of carbonyl (C=O) groups excluding carboxylic acids is 2. The fourth-order valence-corrected chi connectivity index (χ4v) is 6.79. The van der Waals surface area contributed by atoms with Crippen LogP contribution in [0.5, 0.6) is 5.75 Å². The Morgan fingerprint density at radius 1 is 1.15 bits per heavy atom. The molecule has 2 aromatic heterocycles. The number of thiazole rings is 1. The fourth-order valence-electron chi connectivity index (χ4n) is 5.01. The van der Waals surface area contributed by atoms with Crippen LogP contribution in [0.3, 0.4) is 0 Å². The molecule has 10 nitrogen and oxygen atoms in total. The summed E-state index contributed by atoms with van der Waals surface area (Å²) in [6, 6.07) is 9.71. The maximum absolute atomic E-state index is 13.4. The van der Waals surface area contributed by atoms with Crippen molar-refractivity contribution in [3.63, 3.8) is 0 Å². The normalized spacial score (nSPS) is 17.0. The number of para-hydroxylation sites is 1. The second-order valence-electron chi connectivity index (χ2n) is 10.9. The van der Waals surface area contributed by atoms with Crippen LogP contribution >= 0.6 is 23.1 Å². The van der Waals surface area contributed by atoms with Gasteiger partial charge in [0.2, 0.25) is 5.91 Å². The minimum atomic E-state index is -0.633. The van der Waals surface area contributed by atoms with Crippen molar-refractivity contribution < 1.29 is 23.9 Å². The molecule has 0 atom stereocenters. The smallest absolute Gasteiger partial charge is 0.410 e. The van der Waals surface area contributed by atoms with E-state index in [0.717, 1.165) is 57.2 Å². The van der Waals surface area contributed by atoms with Gasteiger partial charge < -0.3 is 14.8 Å². The summed E-state index contributed by atoms with van der Waals surface area (Å²) in [6.45, 7) is 5.88. The van der Waals surface area contributed by atoms with E-state index in [1.54, 1.807) is 30.5 Å². The molecule has 2 aliphatic rings. The second kappa shape index (κ2) is 12.3. The van der Waals surface area contributed by atoms with E-state index in [0.29, 0.717) is 17.3 Å². The lowest BCUT2D eigenvalue weighted by Gasteiger charge is -2.36. The van der Waals surface area contributed by atoms with E-state index >= 15 is 0 Å². The molecule has 0 bridgehead atoms. The Kier molecular flexibility index (Phi) is 8.71. The summed E-state index contributed by atoms with van der Waals surface area (Å²) in [6.07, 6.45) is 2.63. The molecule has 1 fully saturated rings. The highest BCUT2D eigenvalue weighted by molar-refractivity contribution is 8.00. The Morgan fingerprint density at radius 3 is 2.63 bits per heavy atom. The number of benzene rings is 1. The number of aromatic nitrogens is 2. The molecule has 0 spiro atoms. The van der Waals surface area contributed by atoms with Crippen LogP contribution in [0.15, 0.2) is 40.8 Å². The maximum atomic E-state index is 13.4. The summed E-state index contributed by atoms with van der Waals surface area (Å²) in [7, 11) is 3.24. The van der Waals surface area contributed by atoms with E-state index in [9.17, 15) is 9.59 Å². The van der Waals surface area contributed by atoms with E-state index in [1.165, 1.54) is 17.3 Å². The highest BCUT2D eigenvalue weighted by Gasteiger charge is 2.32. The van der Waals surface area contributed by atoms with Crippen molar-refractivity contribution in [1.29, 1.82) is 0 Å². The monoisotopic (exact) mass is 597 g/mol. The van der Waals surface area contributed by atoms with Crippen molar-refractivity contribution in [2.75, 3.05) is 25.3 Å². The van der Waals surface area contributed by atoms with Gasteiger partial charge in [0.15, 0.2) is 0 Å². The van der Waals surface area contributed by atoms with Crippen LogP contribution in [-0.2, 0) is 20.9 Å². The molecule has 3 heterocycles. The van der Waals surface area contributed by atoms with Gasteiger partial charge in [-0.2, -0.15) is 0 Å². The number of anilines is 1. The van der Waals surface area contributed by atoms with Gasteiger partial charge in [0.25, 0.3) is 0 Å². The summed E-state index contributed by atoms with van der Waals surface area (Å²) < 4.78 is 12.4. The third-order valence-corrected chi connectivity index (χ3v) is 8.95. The summed E-state index contributed by atoms with van der Waals surface area (Å²) in [5.74, 6) is 1.58. The number of ether oxygens (including phenoxy) is 2. The van der Waals surface area contributed by atoms with Gasteiger partial charge in [0.05, 0.1) is 47.5 Å². The molecule has 1 aromatic carbocycles. The molecule has 12 heteroatoms. The average molecular weight is 598 g/mol. The molecular weight excluding hydrogens is 562 g/mol. The first-order valence-corrected chi connectivity index (χ1v) is 15.3. The number of hydroxylamine groups is 1. The number of pyridine rings is 1. The molecule has 0 radical (unpaired) electrons. The number of hydrogen-bond acceptors (Lipinski definition) is 10. The van der Waals surface area contributed by atoms with E-state index in [-0.39, 0.29) is 24.6 Å². The van der Waals surface area contributed by atoms with Gasteiger partial charge in [0.1, 0.15) is 27.7 Å². The summed E-state index contributed by atoms with van der Waals surface area (Å²) in [5.41, 5.74) is 6.02. The number of amides is 2.